The van der Waals surface area contributed by atoms with Crippen LogP contribution in [0.25, 0.3) is 28.0 Å². The van der Waals surface area contributed by atoms with Crippen LogP contribution in [0.1, 0.15) is 80.3 Å². The average molecular weight is 678 g/mol. The zero-order valence-electron chi connectivity index (χ0n) is 30.8. The van der Waals surface area contributed by atoms with Gasteiger partial charge in [-0.3, -0.25) is 0 Å². The molecule has 0 amide bonds. The van der Waals surface area contributed by atoms with E-state index in [1.807, 2.05) is 24.3 Å². The molecule has 5 aromatic carbocycles. The molecular formula is C46H47NO4. The van der Waals surface area contributed by atoms with E-state index in [1.165, 1.54) is 45.2 Å². The Balaban J connectivity index is 1.41. The zero-order chi connectivity index (χ0) is 35.3. The maximum Gasteiger partial charge on any atom is 0.178 e. The van der Waals surface area contributed by atoms with Gasteiger partial charge in [0.05, 0.1) is 27.0 Å². The zero-order valence-corrected chi connectivity index (χ0v) is 30.8. The predicted molar refractivity (Wildman–Crippen MR) is 207 cm³/mol. The third-order valence-electron chi connectivity index (χ3n) is 12.0. The highest BCUT2D eigenvalue weighted by Crippen LogP contribution is 2.67. The number of rotatable bonds is 5. The van der Waals surface area contributed by atoms with Gasteiger partial charge >= 0.3 is 0 Å². The van der Waals surface area contributed by atoms with Crippen molar-refractivity contribution in [3.8, 4) is 34.1 Å². The SMILES string of the molecule is COc1ccc(C2(c3ccc(OC)cc3)C=Cc3c4c(c5c6c(c(OC)cc5c3O2)NCC6)-c2ccccc2C42CC(C)(C)CC(C)(C)C2)cc1. The first-order valence-corrected chi connectivity index (χ1v) is 18.3. The summed E-state index contributed by atoms with van der Waals surface area (Å²) in [5, 5.41) is 6.08. The lowest BCUT2D eigenvalue weighted by atomic mass is 9.52. The van der Waals surface area contributed by atoms with Crippen molar-refractivity contribution in [3.63, 3.8) is 0 Å². The van der Waals surface area contributed by atoms with Crippen LogP contribution >= 0.6 is 0 Å². The number of fused-ring (bicyclic) bond motifs is 12. The molecule has 5 nitrogen and oxygen atoms in total. The second-order valence-corrected chi connectivity index (χ2v) is 16.6. The first kappa shape index (κ1) is 32.0. The predicted octanol–water partition coefficient (Wildman–Crippen LogP) is 10.7. The van der Waals surface area contributed by atoms with Crippen molar-refractivity contribution >= 4 is 22.5 Å². The molecule has 1 fully saturated rings. The van der Waals surface area contributed by atoms with Gasteiger partial charge in [0.15, 0.2) is 5.60 Å². The third-order valence-corrected chi connectivity index (χ3v) is 12.0. The molecule has 0 saturated heterocycles. The fraction of sp³-hybridized carbons (Fsp3) is 0.348. The summed E-state index contributed by atoms with van der Waals surface area (Å²) in [4.78, 5) is 0. The van der Waals surface area contributed by atoms with Gasteiger partial charge in [0.25, 0.3) is 0 Å². The van der Waals surface area contributed by atoms with Crippen molar-refractivity contribution in [2.45, 2.75) is 64.4 Å². The van der Waals surface area contributed by atoms with E-state index in [2.05, 4.69) is 99.8 Å². The molecule has 0 radical (unpaired) electrons. The normalized spacial score (nSPS) is 19.4. The van der Waals surface area contributed by atoms with Crippen LogP contribution in [0.3, 0.4) is 0 Å². The minimum atomic E-state index is -0.902. The van der Waals surface area contributed by atoms with E-state index in [4.69, 9.17) is 18.9 Å². The summed E-state index contributed by atoms with van der Waals surface area (Å²) < 4.78 is 25.0. The molecule has 2 heterocycles. The highest BCUT2D eigenvalue weighted by molar-refractivity contribution is 6.12. The summed E-state index contributed by atoms with van der Waals surface area (Å²) in [6.45, 7) is 10.8. The molecule has 2 aliphatic carbocycles. The lowest BCUT2D eigenvalue weighted by molar-refractivity contribution is 0.0642. The molecule has 0 unspecified atom stereocenters. The quantitative estimate of drug-likeness (QED) is 0.201. The molecule has 5 aromatic rings. The van der Waals surface area contributed by atoms with Crippen molar-refractivity contribution in [1.29, 1.82) is 0 Å². The molecule has 1 N–H and O–H groups in total. The standard InChI is InChI=1S/C46H47NO4/c1-43(2)25-44(3,4)27-45(26-43)36-11-9-8-10-32(36)39-38-33-21-23-47-41(33)37(50-7)24-35(38)42-34(40(39)45)20-22-46(51-42,28-12-16-30(48-5)17-13-28)29-14-18-31(49-6)19-15-29/h8-20,22,24,47H,21,23,25-27H2,1-7H3. The molecule has 0 aromatic heterocycles. The summed E-state index contributed by atoms with van der Waals surface area (Å²) in [5.74, 6) is 3.39. The van der Waals surface area contributed by atoms with Crippen molar-refractivity contribution in [3.05, 3.63) is 118 Å². The molecule has 0 bridgehead atoms. The Hall–Kier alpha value is -4.90. The first-order valence-electron chi connectivity index (χ1n) is 18.3. The Morgan fingerprint density at radius 3 is 1.96 bits per heavy atom. The van der Waals surface area contributed by atoms with Crippen molar-refractivity contribution in [2.24, 2.45) is 10.8 Å². The van der Waals surface area contributed by atoms with Gasteiger partial charge in [-0.25, -0.2) is 0 Å². The minimum absolute atomic E-state index is 0.150. The van der Waals surface area contributed by atoms with Gasteiger partial charge in [0.1, 0.15) is 23.0 Å². The monoisotopic (exact) mass is 677 g/mol. The number of nitrogens with one attached hydrogen (secondary N) is 1. The second kappa shape index (κ2) is 11.0. The number of ether oxygens (including phenoxy) is 4. The summed E-state index contributed by atoms with van der Waals surface area (Å²) in [6, 6.07) is 28.1. The van der Waals surface area contributed by atoms with Crippen LogP contribution < -0.4 is 24.3 Å². The fourth-order valence-corrected chi connectivity index (χ4v) is 10.9. The van der Waals surface area contributed by atoms with Gasteiger partial charge in [-0.1, -0.05) is 82.3 Å². The van der Waals surface area contributed by atoms with Crippen LogP contribution in [0.15, 0.2) is 84.9 Å². The smallest absolute Gasteiger partial charge is 0.178 e. The number of hydrogen-bond acceptors (Lipinski definition) is 5. The number of hydrogen-bond donors (Lipinski definition) is 1. The fourth-order valence-electron chi connectivity index (χ4n) is 10.9. The van der Waals surface area contributed by atoms with Crippen LogP contribution in [0.2, 0.25) is 0 Å². The maximum absolute atomic E-state index is 7.73. The van der Waals surface area contributed by atoms with E-state index in [1.54, 1.807) is 21.3 Å². The number of benzene rings is 5. The maximum atomic E-state index is 7.73. The van der Waals surface area contributed by atoms with Crippen molar-refractivity contribution in [1.82, 2.24) is 0 Å². The molecule has 2 aliphatic heterocycles. The summed E-state index contributed by atoms with van der Waals surface area (Å²) >= 11 is 0. The van der Waals surface area contributed by atoms with E-state index < -0.39 is 5.60 Å². The van der Waals surface area contributed by atoms with Crippen LogP contribution in [0, 0.1) is 10.8 Å². The summed E-state index contributed by atoms with van der Waals surface area (Å²) in [7, 11) is 5.19. The van der Waals surface area contributed by atoms with Gasteiger partial charge in [-0.2, -0.15) is 0 Å². The molecule has 51 heavy (non-hydrogen) atoms. The summed E-state index contributed by atoms with van der Waals surface area (Å²) in [6.07, 6.45) is 8.95. The van der Waals surface area contributed by atoms with Gasteiger partial charge < -0.3 is 24.3 Å². The molecule has 9 rings (SSSR count). The van der Waals surface area contributed by atoms with Crippen molar-refractivity contribution in [2.75, 3.05) is 33.2 Å². The number of methoxy groups -OCH3 is 3. The Morgan fingerprint density at radius 1 is 0.725 bits per heavy atom. The Labute approximate surface area is 301 Å². The minimum Gasteiger partial charge on any atom is -0.497 e. The Kier molecular flexibility index (Phi) is 6.94. The highest BCUT2D eigenvalue weighted by atomic mass is 16.5. The van der Waals surface area contributed by atoms with Gasteiger partial charge in [0.2, 0.25) is 0 Å². The Morgan fingerprint density at radius 2 is 1.35 bits per heavy atom. The van der Waals surface area contributed by atoms with E-state index in [-0.39, 0.29) is 16.2 Å². The van der Waals surface area contributed by atoms with E-state index >= 15 is 0 Å². The number of anilines is 1. The molecule has 1 saturated carbocycles. The molecule has 1 spiro atoms. The van der Waals surface area contributed by atoms with Gasteiger partial charge in [-0.05, 0) is 106 Å². The molecular weight excluding hydrogens is 631 g/mol. The topological polar surface area (TPSA) is 49.0 Å². The third kappa shape index (κ3) is 4.59. The highest BCUT2D eigenvalue weighted by Gasteiger charge is 2.55. The van der Waals surface area contributed by atoms with Crippen LogP contribution in [-0.2, 0) is 17.4 Å². The molecule has 260 valence electrons. The first-order chi connectivity index (χ1) is 24.5. The average Bonchev–Trinajstić information content (AvgIpc) is 3.72. The lowest BCUT2D eigenvalue weighted by Crippen LogP contribution is -2.44. The van der Waals surface area contributed by atoms with Crippen molar-refractivity contribution < 1.29 is 18.9 Å². The van der Waals surface area contributed by atoms with Gasteiger partial charge in [0, 0.05) is 34.0 Å². The second-order valence-electron chi connectivity index (χ2n) is 16.6. The van der Waals surface area contributed by atoms with Crippen LogP contribution in [-0.4, -0.2) is 27.9 Å². The van der Waals surface area contributed by atoms with E-state index in [0.717, 1.165) is 71.0 Å². The molecule has 0 atom stereocenters. The van der Waals surface area contributed by atoms with Crippen LogP contribution in [0.5, 0.6) is 23.0 Å². The summed E-state index contributed by atoms with van der Waals surface area (Å²) in [5.41, 5.74) is 10.5. The van der Waals surface area contributed by atoms with E-state index in [9.17, 15) is 0 Å². The molecule has 5 heteroatoms. The largest absolute Gasteiger partial charge is 0.497 e. The van der Waals surface area contributed by atoms with Crippen LogP contribution in [0.4, 0.5) is 5.69 Å². The van der Waals surface area contributed by atoms with E-state index in [0.29, 0.717) is 0 Å². The lowest BCUT2D eigenvalue weighted by Gasteiger charge is -2.52. The van der Waals surface area contributed by atoms with Gasteiger partial charge in [-0.15, -0.1) is 0 Å². The molecule has 4 aliphatic rings. The Bertz CT molecular complexity index is 2180.